The van der Waals surface area contributed by atoms with Gasteiger partial charge in [-0.2, -0.15) is 0 Å². The first-order valence-corrected chi connectivity index (χ1v) is 10.3. The minimum atomic E-state index is -0.257. The number of aryl methyl sites for hydroxylation is 1. The Kier molecular flexibility index (Phi) is 6.45. The molecule has 166 valence electrons. The molecule has 0 saturated heterocycles. The van der Waals surface area contributed by atoms with E-state index in [0.29, 0.717) is 34.5 Å². The van der Waals surface area contributed by atoms with Crippen molar-refractivity contribution in [3.63, 3.8) is 0 Å². The smallest absolute Gasteiger partial charge is 0.255 e. The number of nitrogens with one attached hydrogen (secondary N) is 2. The lowest BCUT2D eigenvalue weighted by atomic mass is 10.1. The molecule has 33 heavy (non-hydrogen) atoms. The van der Waals surface area contributed by atoms with Gasteiger partial charge in [0.25, 0.3) is 11.8 Å². The van der Waals surface area contributed by atoms with Crippen molar-refractivity contribution in [1.82, 2.24) is 10.2 Å². The molecule has 0 radical (unpaired) electrons. The first kappa shape index (κ1) is 21.8. The van der Waals surface area contributed by atoms with Crippen LogP contribution in [0.1, 0.15) is 28.7 Å². The molecule has 0 saturated carbocycles. The van der Waals surface area contributed by atoms with Crippen LogP contribution in [0.5, 0.6) is 5.75 Å². The molecule has 2 N–H and O–H groups in total. The van der Waals surface area contributed by atoms with Crippen LogP contribution in [0.2, 0.25) is 0 Å². The maximum absolute atomic E-state index is 12.4. The Morgan fingerprint density at radius 2 is 1.55 bits per heavy atom. The lowest BCUT2D eigenvalue weighted by molar-refractivity contribution is -0.114. The molecule has 8 heteroatoms. The van der Waals surface area contributed by atoms with E-state index in [9.17, 15) is 9.59 Å². The molecular formula is C25H22N4O4. The second-order valence-corrected chi connectivity index (χ2v) is 7.34. The van der Waals surface area contributed by atoms with E-state index in [2.05, 4.69) is 20.8 Å². The van der Waals surface area contributed by atoms with Gasteiger partial charge in [-0.1, -0.05) is 18.2 Å². The van der Waals surface area contributed by atoms with E-state index in [1.54, 1.807) is 48.5 Å². The molecule has 0 aliphatic carbocycles. The number of nitrogens with zero attached hydrogens (tertiary/aromatic N) is 2. The number of rotatable bonds is 7. The Labute approximate surface area is 190 Å². The van der Waals surface area contributed by atoms with E-state index in [0.717, 1.165) is 11.1 Å². The standard InChI is InChI=1S/C25H22N4O4/c1-16-5-3-4-6-22(16)25-29-28-23(33-25)15-32-21-13-11-20(12-14-21)27-24(31)18-7-9-19(10-8-18)26-17(2)30/h3-14H,15H2,1-2H3,(H,26,30)(H,27,31). The summed E-state index contributed by atoms with van der Waals surface area (Å²) in [4.78, 5) is 23.5. The molecule has 0 aliphatic heterocycles. The number of hydrogen-bond acceptors (Lipinski definition) is 6. The van der Waals surface area contributed by atoms with E-state index in [1.807, 2.05) is 31.2 Å². The van der Waals surface area contributed by atoms with Crippen molar-refractivity contribution in [1.29, 1.82) is 0 Å². The van der Waals surface area contributed by atoms with Crippen LogP contribution < -0.4 is 15.4 Å². The summed E-state index contributed by atoms with van der Waals surface area (Å²) in [6, 6.07) is 21.4. The van der Waals surface area contributed by atoms with Crippen LogP contribution >= 0.6 is 0 Å². The fourth-order valence-corrected chi connectivity index (χ4v) is 3.12. The number of hydrogen-bond donors (Lipinski definition) is 2. The molecule has 0 spiro atoms. The zero-order valence-electron chi connectivity index (χ0n) is 18.2. The molecule has 1 heterocycles. The molecule has 0 aliphatic rings. The summed E-state index contributed by atoms with van der Waals surface area (Å²) in [5.41, 5.74) is 3.67. The van der Waals surface area contributed by atoms with Crippen molar-refractivity contribution in [2.45, 2.75) is 20.5 Å². The van der Waals surface area contributed by atoms with Gasteiger partial charge in [0.15, 0.2) is 6.61 Å². The summed E-state index contributed by atoms with van der Waals surface area (Å²) < 4.78 is 11.4. The highest BCUT2D eigenvalue weighted by molar-refractivity contribution is 6.04. The third-order valence-corrected chi connectivity index (χ3v) is 4.78. The summed E-state index contributed by atoms with van der Waals surface area (Å²) in [7, 11) is 0. The lowest BCUT2D eigenvalue weighted by Crippen LogP contribution is -2.12. The third-order valence-electron chi connectivity index (χ3n) is 4.78. The van der Waals surface area contributed by atoms with E-state index >= 15 is 0 Å². The van der Waals surface area contributed by atoms with Crippen LogP contribution in [0.4, 0.5) is 11.4 Å². The maximum atomic E-state index is 12.4. The Morgan fingerprint density at radius 1 is 0.879 bits per heavy atom. The SMILES string of the molecule is CC(=O)Nc1ccc(C(=O)Nc2ccc(OCc3nnc(-c4ccccc4C)o3)cc2)cc1. The Bertz CT molecular complexity index is 1260. The monoisotopic (exact) mass is 442 g/mol. The van der Waals surface area contributed by atoms with Gasteiger partial charge in [-0.15, -0.1) is 10.2 Å². The average Bonchev–Trinajstić information content (AvgIpc) is 3.28. The molecule has 4 aromatic rings. The van der Waals surface area contributed by atoms with Crippen LogP contribution in [-0.2, 0) is 11.4 Å². The average molecular weight is 442 g/mol. The Hall–Kier alpha value is -4.46. The predicted octanol–water partition coefficient (Wildman–Crippen LogP) is 4.83. The van der Waals surface area contributed by atoms with E-state index in [-0.39, 0.29) is 18.4 Å². The van der Waals surface area contributed by atoms with Crippen molar-refractivity contribution in [3.05, 3.63) is 89.8 Å². The molecule has 4 rings (SSSR count). The largest absolute Gasteiger partial charge is 0.484 e. The topological polar surface area (TPSA) is 106 Å². The molecule has 2 amide bonds. The van der Waals surface area contributed by atoms with Crippen molar-refractivity contribution < 1.29 is 18.7 Å². The highest BCUT2D eigenvalue weighted by Crippen LogP contribution is 2.23. The number of carbonyl (C=O) groups is 2. The Morgan fingerprint density at radius 3 is 2.24 bits per heavy atom. The first-order chi connectivity index (χ1) is 16.0. The second kappa shape index (κ2) is 9.78. The molecule has 0 atom stereocenters. The molecule has 8 nitrogen and oxygen atoms in total. The van der Waals surface area contributed by atoms with Gasteiger partial charge in [-0.25, -0.2) is 0 Å². The van der Waals surface area contributed by atoms with Gasteiger partial charge >= 0.3 is 0 Å². The number of benzene rings is 3. The van der Waals surface area contributed by atoms with Crippen molar-refractivity contribution in [2.75, 3.05) is 10.6 Å². The third kappa shape index (κ3) is 5.62. The van der Waals surface area contributed by atoms with E-state index in [4.69, 9.17) is 9.15 Å². The number of amides is 2. The number of aromatic nitrogens is 2. The summed E-state index contributed by atoms with van der Waals surface area (Å²) in [5.74, 6) is 1.000. The van der Waals surface area contributed by atoms with E-state index in [1.165, 1.54) is 6.92 Å². The summed E-state index contributed by atoms with van der Waals surface area (Å²) >= 11 is 0. The van der Waals surface area contributed by atoms with Gasteiger partial charge in [-0.05, 0) is 67.1 Å². The van der Waals surface area contributed by atoms with Crippen molar-refractivity contribution in [2.24, 2.45) is 0 Å². The highest BCUT2D eigenvalue weighted by Gasteiger charge is 2.11. The first-order valence-electron chi connectivity index (χ1n) is 10.3. The molecule has 1 aromatic heterocycles. The quantitative estimate of drug-likeness (QED) is 0.424. The number of ether oxygens (including phenoxy) is 1. The van der Waals surface area contributed by atoms with Gasteiger partial charge in [0.2, 0.25) is 11.8 Å². The fraction of sp³-hybridized carbons (Fsp3) is 0.120. The minimum absolute atomic E-state index is 0.130. The summed E-state index contributed by atoms with van der Waals surface area (Å²) in [5, 5.41) is 13.6. The van der Waals surface area contributed by atoms with Crippen molar-refractivity contribution in [3.8, 4) is 17.2 Å². The molecule has 0 fully saturated rings. The van der Waals surface area contributed by atoms with Gasteiger partial charge < -0.3 is 19.8 Å². The lowest BCUT2D eigenvalue weighted by Gasteiger charge is -2.08. The number of anilines is 2. The van der Waals surface area contributed by atoms with Gasteiger partial charge in [0, 0.05) is 29.4 Å². The molecule has 3 aromatic carbocycles. The van der Waals surface area contributed by atoms with Crippen LogP contribution in [-0.4, -0.2) is 22.0 Å². The summed E-state index contributed by atoms with van der Waals surface area (Å²) in [6.07, 6.45) is 0. The maximum Gasteiger partial charge on any atom is 0.255 e. The molecule has 0 unspecified atom stereocenters. The predicted molar refractivity (Wildman–Crippen MR) is 124 cm³/mol. The Balaban J connectivity index is 1.32. The van der Waals surface area contributed by atoms with Crippen molar-refractivity contribution >= 4 is 23.2 Å². The van der Waals surface area contributed by atoms with Gasteiger partial charge in [-0.3, -0.25) is 9.59 Å². The zero-order valence-corrected chi connectivity index (χ0v) is 18.2. The van der Waals surface area contributed by atoms with Crippen LogP contribution in [0.3, 0.4) is 0 Å². The van der Waals surface area contributed by atoms with Crippen LogP contribution in [0.15, 0.2) is 77.2 Å². The zero-order chi connectivity index (χ0) is 23.2. The normalized spacial score (nSPS) is 10.5. The number of carbonyl (C=O) groups excluding carboxylic acids is 2. The highest BCUT2D eigenvalue weighted by atomic mass is 16.5. The van der Waals surface area contributed by atoms with Crippen LogP contribution in [0, 0.1) is 6.92 Å². The van der Waals surface area contributed by atoms with E-state index < -0.39 is 0 Å². The molecule has 0 bridgehead atoms. The van der Waals surface area contributed by atoms with Gasteiger partial charge in [0.05, 0.1) is 0 Å². The summed E-state index contributed by atoms with van der Waals surface area (Å²) in [6.45, 7) is 3.54. The fourth-order valence-electron chi connectivity index (χ4n) is 3.12. The van der Waals surface area contributed by atoms with Crippen LogP contribution in [0.25, 0.3) is 11.5 Å². The van der Waals surface area contributed by atoms with Gasteiger partial charge in [0.1, 0.15) is 5.75 Å². The minimum Gasteiger partial charge on any atom is -0.484 e. The second-order valence-electron chi connectivity index (χ2n) is 7.34. The molecular weight excluding hydrogens is 420 g/mol.